The van der Waals surface area contributed by atoms with Crippen LogP contribution in [0, 0.1) is 5.41 Å². The van der Waals surface area contributed by atoms with E-state index in [-0.39, 0.29) is 57.7 Å². The molecule has 0 aliphatic carbocycles. The summed E-state index contributed by atoms with van der Waals surface area (Å²) in [7, 11) is -4.21. The van der Waals surface area contributed by atoms with Crippen molar-refractivity contribution >= 4 is 38.1 Å². The van der Waals surface area contributed by atoms with Crippen LogP contribution in [0.25, 0.3) is 21.7 Å². The Balaban J connectivity index is 1.40. The third kappa shape index (κ3) is 9.35. The minimum Gasteiger partial charge on any atom is -0.494 e. The summed E-state index contributed by atoms with van der Waals surface area (Å²) in [5.74, 6) is -2.78. The number of fused-ring (bicyclic) bond motifs is 6. The fourth-order valence-electron chi connectivity index (χ4n) is 6.31. The summed E-state index contributed by atoms with van der Waals surface area (Å²) in [6, 6.07) is 19.9. The van der Waals surface area contributed by atoms with Gasteiger partial charge in [-0.25, -0.2) is 22.2 Å². The third-order valence-electron chi connectivity index (χ3n) is 9.22. The van der Waals surface area contributed by atoms with Crippen molar-refractivity contribution in [2.24, 2.45) is 5.41 Å². The molecule has 0 saturated carbocycles. The van der Waals surface area contributed by atoms with Gasteiger partial charge in [-0.1, -0.05) is 81.0 Å². The molecule has 278 valence electrons. The zero-order chi connectivity index (χ0) is 36.9. The highest BCUT2D eigenvalue weighted by Gasteiger charge is 2.35. The number of benzene rings is 3. The highest BCUT2D eigenvalue weighted by molar-refractivity contribution is 7.93. The first-order valence-corrected chi connectivity index (χ1v) is 20.0. The van der Waals surface area contributed by atoms with E-state index in [1.54, 1.807) is 35.2 Å². The number of morpholine rings is 1. The Morgan fingerprint density at radius 3 is 2.54 bits per heavy atom. The normalized spacial score (nSPS) is 18.1. The first-order chi connectivity index (χ1) is 24.8. The number of nitrogens with zero attached hydrogens (tertiary/aromatic N) is 3. The van der Waals surface area contributed by atoms with Crippen LogP contribution in [0.1, 0.15) is 58.4 Å². The number of anilines is 2. The molecule has 9 nitrogen and oxygen atoms in total. The molecule has 3 heterocycles. The third-order valence-corrected chi connectivity index (χ3v) is 11.7. The number of halogens is 2. The molecule has 52 heavy (non-hydrogen) atoms. The van der Waals surface area contributed by atoms with Gasteiger partial charge < -0.3 is 14.4 Å². The van der Waals surface area contributed by atoms with Crippen LogP contribution < -0.4 is 14.4 Å². The summed E-state index contributed by atoms with van der Waals surface area (Å²) in [5.41, 5.74) is 1.48. The van der Waals surface area contributed by atoms with E-state index in [0.717, 1.165) is 17.8 Å². The lowest BCUT2D eigenvalue weighted by Gasteiger charge is -2.30. The van der Waals surface area contributed by atoms with Crippen LogP contribution in [0.5, 0.6) is 5.75 Å². The van der Waals surface area contributed by atoms with E-state index in [1.165, 1.54) is 18.2 Å². The number of carbonyl (C=O) groups excluding carboxylic acids is 1. The van der Waals surface area contributed by atoms with Crippen molar-refractivity contribution in [3.05, 3.63) is 78.4 Å². The average molecular weight is 753 g/mol. The number of ether oxygens (including phenoxy) is 2. The second-order valence-electron chi connectivity index (χ2n) is 14.5. The van der Waals surface area contributed by atoms with E-state index >= 15 is 8.78 Å². The Kier molecular flexibility index (Phi) is 11.6. The molecule has 1 fully saturated rings. The molecule has 2 aliphatic rings. The minimum absolute atomic E-state index is 0.0251. The molecule has 1 N–H and O–H groups in total. The fraction of sp³-hybridized carbons (Fsp3) is 0.436. The molecule has 13 heteroatoms. The van der Waals surface area contributed by atoms with Gasteiger partial charge in [0.25, 0.3) is 15.9 Å². The topological polar surface area (TPSA) is 101 Å². The van der Waals surface area contributed by atoms with Crippen molar-refractivity contribution in [1.29, 1.82) is 0 Å². The van der Waals surface area contributed by atoms with Gasteiger partial charge in [-0.2, -0.15) is 0 Å². The van der Waals surface area contributed by atoms with Crippen LogP contribution in [0.2, 0.25) is 0 Å². The van der Waals surface area contributed by atoms with Crippen molar-refractivity contribution in [2.45, 2.75) is 63.7 Å². The van der Waals surface area contributed by atoms with Crippen LogP contribution in [0.15, 0.2) is 77.7 Å². The molecule has 1 aromatic heterocycles. The predicted octanol–water partition coefficient (Wildman–Crippen LogP) is 8.42. The van der Waals surface area contributed by atoms with Crippen LogP contribution in [0.3, 0.4) is 0 Å². The minimum atomic E-state index is -4.21. The monoisotopic (exact) mass is 752 g/mol. The van der Waals surface area contributed by atoms with Gasteiger partial charge in [-0.3, -0.25) is 14.4 Å². The first-order valence-electron chi connectivity index (χ1n) is 17.7. The van der Waals surface area contributed by atoms with Gasteiger partial charge in [0.1, 0.15) is 5.75 Å². The lowest BCUT2D eigenvalue weighted by atomic mass is 9.93. The molecule has 4 bridgehead atoms. The Labute approximate surface area is 309 Å². The first kappa shape index (κ1) is 37.8. The van der Waals surface area contributed by atoms with Crippen molar-refractivity contribution in [3.8, 4) is 27.4 Å². The Hall–Kier alpha value is -3.91. The summed E-state index contributed by atoms with van der Waals surface area (Å²) in [6.45, 7) is 9.59. The van der Waals surface area contributed by atoms with E-state index in [1.807, 2.05) is 29.2 Å². The maximum Gasteiger partial charge on any atom is 0.273 e. The summed E-state index contributed by atoms with van der Waals surface area (Å²) in [4.78, 5) is 22.4. The van der Waals surface area contributed by atoms with Crippen LogP contribution in [-0.2, 0) is 25.5 Å². The number of sulfonamides is 1. The SMILES string of the molecule is CC(C)(C)CCOc1cccc(-c2sc3nc2-c2ccccc2C(F)(F)CCCCCN(C(=O)CN2CCOCC2)c2cccc(c2)S(=O)(=O)N3)c1. The van der Waals surface area contributed by atoms with Gasteiger partial charge in [0, 0.05) is 42.9 Å². The molecule has 0 atom stereocenters. The van der Waals surface area contributed by atoms with Gasteiger partial charge in [0.05, 0.1) is 41.8 Å². The molecule has 0 unspecified atom stereocenters. The number of rotatable bonds is 6. The van der Waals surface area contributed by atoms with Gasteiger partial charge in [-0.15, -0.1) is 0 Å². The molecule has 3 aromatic carbocycles. The number of amides is 1. The molecule has 4 aromatic rings. The van der Waals surface area contributed by atoms with E-state index in [9.17, 15) is 13.2 Å². The van der Waals surface area contributed by atoms with E-state index < -0.39 is 22.4 Å². The zero-order valence-electron chi connectivity index (χ0n) is 29.9. The quantitative estimate of drug-likeness (QED) is 0.211. The van der Waals surface area contributed by atoms with Crippen molar-refractivity contribution < 1.29 is 31.5 Å². The Morgan fingerprint density at radius 2 is 1.75 bits per heavy atom. The number of carbonyl (C=O) groups is 1. The second-order valence-corrected chi connectivity index (χ2v) is 17.2. The van der Waals surface area contributed by atoms with Crippen LogP contribution >= 0.6 is 11.3 Å². The number of hydrogen-bond donors (Lipinski definition) is 1. The van der Waals surface area contributed by atoms with Gasteiger partial charge in [0.2, 0.25) is 5.91 Å². The fourth-order valence-corrected chi connectivity index (χ4v) is 8.56. The van der Waals surface area contributed by atoms with Crippen LogP contribution in [0.4, 0.5) is 19.6 Å². The predicted molar refractivity (Wildman–Crippen MR) is 202 cm³/mol. The number of thiazole rings is 1. The maximum atomic E-state index is 16.2. The summed E-state index contributed by atoms with van der Waals surface area (Å²) in [6.07, 6.45) is 1.59. The standard InChI is InChI=1S/C39H46F2N4O5S2/c1-38(2,3)18-22-50-30-13-9-11-28(25-30)36-35-32-15-5-6-16-33(32)39(40,41)17-7-4-8-19-45(34(46)27-44-20-23-49-24-21-44)29-12-10-14-31(26-29)52(47,48)43-37(42-35)51-36/h5-6,9-16,25-26H,4,7-8,17-24,27H2,1-3H3,(H,42,43). The smallest absolute Gasteiger partial charge is 0.273 e. The molecular formula is C39H46F2N4O5S2. The van der Waals surface area contributed by atoms with Gasteiger partial charge >= 0.3 is 0 Å². The summed E-state index contributed by atoms with van der Waals surface area (Å²) in [5, 5.41) is 0.0251. The molecule has 2 aliphatic heterocycles. The van der Waals surface area contributed by atoms with E-state index in [4.69, 9.17) is 9.47 Å². The Bertz CT molecular complexity index is 1970. The van der Waals surface area contributed by atoms with Crippen molar-refractivity contribution in [3.63, 3.8) is 0 Å². The molecule has 1 saturated heterocycles. The molecule has 0 spiro atoms. The lowest BCUT2D eigenvalue weighted by Crippen LogP contribution is -2.45. The highest BCUT2D eigenvalue weighted by atomic mass is 32.2. The number of alkyl halides is 2. The highest BCUT2D eigenvalue weighted by Crippen LogP contribution is 2.46. The number of aromatic nitrogens is 1. The lowest BCUT2D eigenvalue weighted by molar-refractivity contribution is -0.120. The largest absolute Gasteiger partial charge is 0.494 e. The maximum absolute atomic E-state index is 16.2. The van der Waals surface area contributed by atoms with E-state index in [2.05, 4.69) is 30.5 Å². The average Bonchev–Trinajstić information content (AvgIpc) is 3.52. The van der Waals surface area contributed by atoms with Gasteiger partial charge in [-0.05, 0) is 60.6 Å². The van der Waals surface area contributed by atoms with Crippen molar-refractivity contribution in [1.82, 2.24) is 9.88 Å². The molecular weight excluding hydrogens is 707 g/mol. The summed E-state index contributed by atoms with van der Waals surface area (Å²) < 4.78 is 74.4. The molecule has 0 radical (unpaired) electrons. The molecule has 1 amide bonds. The van der Waals surface area contributed by atoms with Crippen molar-refractivity contribution in [2.75, 3.05) is 55.6 Å². The van der Waals surface area contributed by atoms with Gasteiger partial charge in [0.15, 0.2) is 5.13 Å². The van der Waals surface area contributed by atoms with E-state index in [0.29, 0.717) is 67.6 Å². The second kappa shape index (κ2) is 16.0. The van der Waals surface area contributed by atoms with Crippen LogP contribution in [-0.4, -0.2) is 70.2 Å². The summed E-state index contributed by atoms with van der Waals surface area (Å²) >= 11 is 1.07. The molecule has 6 rings (SSSR count). The Morgan fingerprint density at radius 1 is 0.981 bits per heavy atom. The zero-order valence-corrected chi connectivity index (χ0v) is 31.5. The number of hydrogen-bond acceptors (Lipinski definition) is 8. The number of nitrogens with one attached hydrogen (secondary N) is 1.